The smallest absolute Gasteiger partial charge is 0.314 e. The molecule has 0 saturated carbocycles. The van der Waals surface area contributed by atoms with Crippen molar-refractivity contribution in [2.24, 2.45) is 11.8 Å². The van der Waals surface area contributed by atoms with Crippen LogP contribution in [0.3, 0.4) is 0 Å². The summed E-state index contributed by atoms with van der Waals surface area (Å²) in [6.07, 6.45) is 0.812. The van der Waals surface area contributed by atoms with Gasteiger partial charge in [-0.15, -0.1) is 0 Å². The number of hydrogen-bond donors (Lipinski definition) is 0. The minimum absolute atomic E-state index is 0.0184. The highest BCUT2D eigenvalue weighted by Crippen LogP contribution is 2.30. The van der Waals surface area contributed by atoms with Crippen molar-refractivity contribution in [3.05, 3.63) is 29.8 Å². The minimum Gasteiger partial charge on any atom is -0.426 e. The Bertz CT molecular complexity index is 355. The van der Waals surface area contributed by atoms with Crippen LogP contribution >= 0.6 is 0 Å². The molecule has 74 valence electrons. The van der Waals surface area contributed by atoms with E-state index < -0.39 is 0 Å². The Hall–Kier alpha value is -1.31. The first-order valence-corrected chi connectivity index (χ1v) is 4.98. The van der Waals surface area contributed by atoms with Crippen LogP contribution in [0.15, 0.2) is 24.3 Å². The standard InChI is InChI=1S/C12H14O2/c1-8(2)10-7-9-5-3-4-6-11(9)14-12(10)13/h3-6,8,10H,7H2,1-2H3/t10-/m1/s1. The molecule has 2 nitrogen and oxygen atoms in total. The van der Waals surface area contributed by atoms with Crippen LogP contribution in [0, 0.1) is 11.8 Å². The molecule has 2 heteroatoms. The molecule has 0 unspecified atom stereocenters. The van der Waals surface area contributed by atoms with Gasteiger partial charge in [-0.3, -0.25) is 4.79 Å². The predicted molar refractivity (Wildman–Crippen MR) is 54.1 cm³/mol. The van der Waals surface area contributed by atoms with Gasteiger partial charge in [-0.25, -0.2) is 0 Å². The van der Waals surface area contributed by atoms with E-state index in [9.17, 15) is 4.79 Å². The molecule has 1 heterocycles. The summed E-state index contributed by atoms with van der Waals surface area (Å²) in [4.78, 5) is 11.6. The molecule has 1 aromatic rings. The van der Waals surface area contributed by atoms with Gasteiger partial charge in [-0.1, -0.05) is 32.0 Å². The number of para-hydroxylation sites is 1. The number of hydrogen-bond acceptors (Lipinski definition) is 2. The number of fused-ring (bicyclic) bond motifs is 1. The zero-order chi connectivity index (χ0) is 10.1. The largest absolute Gasteiger partial charge is 0.426 e. The number of carbonyl (C=O) groups excluding carboxylic acids is 1. The van der Waals surface area contributed by atoms with Crippen LogP contribution in [0.1, 0.15) is 19.4 Å². The van der Waals surface area contributed by atoms with Gasteiger partial charge in [0.15, 0.2) is 0 Å². The maximum atomic E-state index is 11.6. The summed E-state index contributed by atoms with van der Waals surface area (Å²) in [7, 11) is 0. The third kappa shape index (κ3) is 1.52. The summed E-state index contributed by atoms with van der Waals surface area (Å²) < 4.78 is 5.27. The molecule has 0 aromatic heterocycles. The Morgan fingerprint density at radius 1 is 1.36 bits per heavy atom. The van der Waals surface area contributed by atoms with Gasteiger partial charge in [0, 0.05) is 0 Å². The Balaban J connectivity index is 2.31. The minimum atomic E-state index is -0.0845. The predicted octanol–water partition coefficient (Wildman–Crippen LogP) is 2.42. The summed E-state index contributed by atoms with van der Waals surface area (Å²) >= 11 is 0. The fourth-order valence-electron chi connectivity index (χ4n) is 1.78. The first-order valence-electron chi connectivity index (χ1n) is 4.98. The maximum absolute atomic E-state index is 11.6. The number of rotatable bonds is 1. The molecule has 0 N–H and O–H groups in total. The van der Waals surface area contributed by atoms with Crippen molar-refractivity contribution >= 4 is 5.97 Å². The van der Waals surface area contributed by atoms with Crippen molar-refractivity contribution in [1.29, 1.82) is 0 Å². The molecule has 0 spiro atoms. The van der Waals surface area contributed by atoms with E-state index in [1.165, 1.54) is 0 Å². The van der Waals surface area contributed by atoms with Crippen molar-refractivity contribution in [1.82, 2.24) is 0 Å². The van der Waals surface area contributed by atoms with Gasteiger partial charge in [-0.2, -0.15) is 0 Å². The Morgan fingerprint density at radius 2 is 2.07 bits per heavy atom. The van der Waals surface area contributed by atoms with E-state index >= 15 is 0 Å². The van der Waals surface area contributed by atoms with Crippen molar-refractivity contribution in [2.75, 3.05) is 0 Å². The molecule has 0 bridgehead atoms. The zero-order valence-corrected chi connectivity index (χ0v) is 8.49. The SMILES string of the molecule is CC(C)[C@H]1Cc2ccccc2OC1=O. The average Bonchev–Trinajstić information content (AvgIpc) is 2.16. The topological polar surface area (TPSA) is 26.3 Å². The summed E-state index contributed by atoms with van der Waals surface area (Å²) in [6, 6.07) is 7.75. The lowest BCUT2D eigenvalue weighted by Crippen LogP contribution is -2.31. The van der Waals surface area contributed by atoms with Gasteiger partial charge < -0.3 is 4.74 Å². The van der Waals surface area contributed by atoms with Crippen molar-refractivity contribution < 1.29 is 9.53 Å². The van der Waals surface area contributed by atoms with E-state index in [4.69, 9.17) is 4.74 Å². The molecule has 1 aliphatic heterocycles. The second-order valence-corrected chi connectivity index (χ2v) is 4.08. The Labute approximate surface area is 83.9 Å². The molecular formula is C12H14O2. The van der Waals surface area contributed by atoms with E-state index in [0.29, 0.717) is 5.92 Å². The van der Waals surface area contributed by atoms with Crippen LogP contribution in [0.4, 0.5) is 0 Å². The first kappa shape index (κ1) is 9.25. The highest BCUT2D eigenvalue weighted by Gasteiger charge is 2.30. The highest BCUT2D eigenvalue weighted by atomic mass is 16.5. The highest BCUT2D eigenvalue weighted by molar-refractivity contribution is 5.78. The summed E-state index contributed by atoms with van der Waals surface area (Å²) in [6.45, 7) is 4.11. The summed E-state index contributed by atoms with van der Waals surface area (Å²) in [5.41, 5.74) is 1.14. The van der Waals surface area contributed by atoms with Crippen LogP contribution in [0.2, 0.25) is 0 Å². The third-order valence-electron chi connectivity index (χ3n) is 2.73. The Kier molecular flexibility index (Phi) is 2.28. The molecule has 14 heavy (non-hydrogen) atoms. The van der Waals surface area contributed by atoms with Gasteiger partial charge >= 0.3 is 5.97 Å². The van der Waals surface area contributed by atoms with Crippen LogP contribution in [-0.4, -0.2) is 5.97 Å². The summed E-state index contributed by atoms with van der Waals surface area (Å²) in [5, 5.41) is 0. The van der Waals surface area contributed by atoms with Crippen LogP contribution in [0.25, 0.3) is 0 Å². The van der Waals surface area contributed by atoms with Crippen molar-refractivity contribution in [3.8, 4) is 5.75 Å². The normalized spacial score (nSPS) is 20.5. The van der Waals surface area contributed by atoms with Gasteiger partial charge in [0.2, 0.25) is 0 Å². The van der Waals surface area contributed by atoms with E-state index in [2.05, 4.69) is 13.8 Å². The second kappa shape index (κ2) is 3.45. The maximum Gasteiger partial charge on any atom is 0.314 e. The van der Waals surface area contributed by atoms with Gasteiger partial charge in [0.1, 0.15) is 5.75 Å². The third-order valence-corrected chi connectivity index (χ3v) is 2.73. The molecule has 1 atom stereocenters. The molecule has 1 aromatic carbocycles. The van der Waals surface area contributed by atoms with Crippen molar-refractivity contribution in [3.63, 3.8) is 0 Å². The second-order valence-electron chi connectivity index (χ2n) is 4.08. The fourth-order valence-corrected chi connectivity index (χ4v) is 1.78. The molecular weight excluding hydrogens is 176 g/mol. The molecule has 0 saturated heterocycles. The number of benzene rings is 1. The molecule has 2 rings (SSSR count). The van der Waals surface area contributed by atoms with Gasteiger partial charge in [-0.05, 0) is 24.0 Å². The quantitative estimate of drug-likeness (QED) is 0.502. The van der Waals surface area contributed by atoms with Gasteiger partial charge in [0.05, 0.1) is 5.92 Å². The number of ether oxygens (including phenoxy) is 1. The first-order chi connectivity index (χ1) is 6.68. The van der Waals surface area contributed by atoms with Crippen LogP contribution in [-0.2, 0) is 11.2 Å². The van der Waals surface area contributed by atoms with E-state index in [1.807, 2.05) is 24.3 Å². The molecule has 0 aliphatic carbocycles. The van der Waals surface area contributed by atoms with Crippen LogP contribution in [0.5, 0.6) is 5.75 Å². The number of carbonyl (C=O) groups is 1. The lowest BCUT2D eigenvalue weighted by Gasteiger charge is -2.25. The molecule has 1 aliphatic rings. The van der Waals surface area contributed by atoms with E-state index in [-0.39, 0.29) is 11.9 Å². The van der Waals surface area contributed by atoms with Crippen molar-refractivity contribution in [2.45, 2.75) is 20.3 Å². The fraction of sp³-hybridized carbons (Fsp3) is 0.417. The molecule has 0 amide bonds. The molecule has 0 radical (unpaired) electrons. The average molecular weight is 190 g/mol. The Morgan fingerprint density at radius 3 is 2.79 bits per heavy atom. The summed E-state index contributed by atoms with van der Waals surface area (Å²) in [5.74, 6) is 1.01. The number of esters is 1. The lowest BCUT2D eigenvalue weighted by molar-refractivity contribution is -0.141. The molecule has 0 fully saturated rings. The van der Waals surface area contributed by atoms with Crippen LogP contribution < -0.4 is 4.74 Å². The van der Waals surface area contributed by atoms with Gasteiger partial charge in [0.25, 0.3) is 0 Å². The monoisotopic (exact) mass is 190 g/mol. The van der Waals surface area contributed by atoms with E-state index in [1.54, 1.807) is 0 Å². The zero-order valence-electron chi connectivity index (χ0n) is 8.49. The van der Waals surface area contributed by atoms with E-state index in [0.717, 1.165) is 17.7 Å². The lowest BCUT2D eigenvalue weighted by atomic mass is 9.87.